The quantitative estimate of drug-likeness (QED) is 0.193. The van der Waals surface area contributed by atoms with E-state index in [1.165, 1.54) is 11.1 Å². The summed E-state index contributed by atoms with van der Waals surface area (Å²) >= 11 is 0. The molecule has 0 saturated heterocycles. The number of para-hydroxylation sites is 2. The van der Waals surface area contributed by atoms with Crippen LogP contribution in [0.3, 0.4) is 0 Å². The fourth-order valence-corrected chi connectivity index (χ4v) is 6.55. The standard InChI is InChI=1S/C46H33NO/c48-46-43-19-11-10-14-36(43)26-31-44(46)45-32-38(35-22-20-34(21-23-35)33-12-4-1-5-13-33)27-30-42(45)37-24-28-41(29-25-37)47(39-15-6-2-7-16-39)40-17-8-3-9-18-40/h1-32,48H. The molecule has 0 aromatic heterocycles. The van der Waals surface area contributed by atoms with Crippen molar-refractivity contribution in [1.29, 1.82) is 0 Å². The van der Waals surface area contributed by atoms with Gasteiger partial charge in [-0.15, -0.1) is 0 Å². The summed E-state index contributed by atoms with van der Waals surface area (Å²) in [5.41, 5.74) is 11.8. The van der Waals surface area contributed by atoms with Crippen LogP contribution in [0.4, 0.5) is 17.1 Å². The second kappa shape index (κ2) is 12.8. The highest BCUT2D eigenvalue weighted by atomic mass is 16.3. The zero-order valence-corrected chi connectivity index (χ0v) is 26.4. The smallest absolute Gasteiger partial charge is 0.131 e. The van der Waals surface area contributed by atoms with Gasteiger partial charge in [-0.05, 0) is 92.9 Å². The molecule has 0 spiro atoms. The minimum Gasteiger partial charge on any atom is -0.507 e. The third-order valence-corrected chi connectivity index (χ3v) is 9.00. The van der Waals surface area contributed by atoms with Crippen LogP contribution in [0.15, 0.2) is 194 Å². The van der Waals surface area contributed by atoms with Crippen molar-refractivity contribution in [3.63, 3.8) is 0 Å². The van der Waals surface area contributed by atoms with E-state index in [9.17, 15) is 5.11 Å². The highest BCUT2D eigenvalue weighted by Gasteiger charge is 2.17. The number of fused-ring (bicyclic) bond motifs is 1. The molecule has 2 heteroatoms. The highest BCUT2D eigenvalue weighted by Crippen LogP contribution is 2.43. The van der Waals surface area contributed by atoms with E-state index < -0.39 is 0 Å². The Kier molecular flexibility index (Phi) is 7.74. The van der Waals surface area contributed by atoms with E-state index in [0.29, 0.717) is 5.75 Å². The van der Waals surface area contributed by atoms with Crippen molar-refractivity contribution in [1.82, 2.24) is 0 Å². The number of phenolic OH excluding ortho intramolecular Hbond substituents is 1. The molecule has 0 aliphatic carbocycles. The lowest BCUT2D eigenvalue weighted by atomic mass is 9.89. The van der Waals surface area contributed by atoms with Crippen molar-refractivity contribution in [3.8, 4) is 50.3 Å². The van der Waals surface area contributed by atoms with Gasteiger partial charge in [-0.3, -0.25) is 0 Å². The summed E-state index contributed by atoms with van der Waals surface area (Å²) in [5, 5.41) is 13.5. The molecule has 0 bridgehead atoms. The molecular formula is C46H33NO. The molecule has 8 aromatic carbocycles. The average Bonchev–Trinajstić information content (AvgIpc) is 3.17. The minimum atomic E-state index is 0.293. The van der Waals surface area contributed by atoms with Gasteiger partial charge >= 0.3 is 0 Å². The zero-order valence-electron chi connectivity index (χ0n) is 26.4. The van der Waals surface area contributed by atoms with Gasteiger partial charge in [-0.1, -0.05) is 146 Å². The maximum absolute atomic E-state index is 11.7. The predicted octanol–water partition coefficient (Wildman–Crippen LogP) is 12.7. The summed E-state index contributed by atoms with van der Waals surface area (Å²) in [5.74, 6) is 0.293. The minimum absolute atomic E-state index is 0.293. The number of phenols is 1. The van der Waals surface area contributed by atoms with Crippen LogP contribution in [0.2, 0.25) is 0 Å². The Balaban J connectivity index is 1.23. The first-order valence-corrected chi connectivity index (χ1v) is 16.2. The summed E-state index contributed by atoms with van der Waals surface area (Å²) < 4.78 is 0. The molecule has 0 aliphatic heterocycles. The lowest BCUT2D eigenvalue weighted by Crippen LogP contribution is -2.09. The van der Waals surface area contributed by atoms with Gasteiger partial charge in [-0.2, -0.15) is 0 Å². The van der Waals surface area contributed by atoms with E-state index in [4.69, 9.17) is 0 Å². The van der Waals surface area contributed by atoms with Gasteiger partial charge in [0, 0.05) is 28.0 Å². The molecule has 0 saturated carbocycles. The van der Waals surface area contributed by atoms with Crippen LogP contribution in [0.25, 0.3) is 55.3 Å². The van der Waals surface area contributed by atoms with Crippen LogP contribution in [-0.4, -0.2) is 5.11 Å². The number of hydrogen-bond donors (Lipinski definition) is 1. The Bertz CT molecular complexity index is 2270. The SMILES string of the molecule is Oc1c(-c2cc(-c3ccc(-c4ccccc4)cc3)ccc2-c2ccc(N(c3ccccc3)c3ccccc3)cc2)ccc2ccccc12. The van der Waals surface area contributed by atoms with Crippen molar-refractivity contribution < 1.29 is 5.11 Å². The molecule has 0 radical (unpaired) electrons. The molecule has 0 unspecified atom stereocenters. The normalized spacial score (nSPS) is 11.0. The summed E-state index contributed by atoms with van der Waals surface area (Å²) in [6, 6.07) is 67.5. The van der Waals surface area contributed by atoms with Gasteiger partial charge in [0.25, 0.3) is 0 Å². The molecule has 0 amide bonds. The molecule has 0 atom stereocenters. The van der Waals surface area contributed by atoms with Crippen LogP contribution < -0.4 is 4.90 Å². The first-order valence-electron chi connectivity index (χ1n) is 16.2. The number of aromatic hydroxyl groups is 1. The van der Waals surface area contributed by atoms with Crippen LogP contribution in [0, 0.1) is 0 Å². The Morgan fingerprint density at radius 2 is 0.771 bits per heavy atom. The maximum atomic E-state index is 11.7. The van der Waals surface area contributed by atoms with E-state index in [1.807, 2.05) is 48.5 Å². The average molecular weight is 616 g/mol. The summed E-state index contributed by atoms with van der Waals surface area (Å²) in [4.78, 5) is 2.27. The maximum Gasteiger partial charge on any atom is 0.131 e. The molecule has 228 valence electrons. The molecule has 1 N–H and O–H groups in total. The Morgan fingerprint density at radius 1 is 0.312 bits per heavy atom. The van der Waals surface area contributed by atoms with Crippen molar-refractivity contribution >= 4 is 27.8 Å². The monoisotopic (exact) mass is 615 g/mol. The van der Waals surface area contributed by atoms with Crippen molar-refractivity contribution in [2.45, 2.75) is 0 Å². The van der Waals surface area contributed by atoms with Gasteiger partial charge in [0.15, 0.2) is 0 Å². The van der Waals surface area contributed by atoms with E-state index >= 15 is 0 Å². The molecule has 0 aliphatic rings. The fourth-order valence-electron chi connectivity index (χ4n) is 6.55. The molecule has 2 nitrogen and oxygen atoms in total. The highest BCUT2D eigenvalue weighted by molar-refractivity contribution is 5.98. The second-order valence-electron chi connectivity index (χ2n) is 11.9. The van der Waals surface area contributed by atoms with Crippen LogP contribution in [-0.2, 0) is 0 Å². The number of nitrogens with zero attached hydrogens (tertiary/aromatic N) is 1. The van der Waals surface area contributed by atoms with Gasteiger partial charge in [-0.25, -0.2) is 0 Å². The Labute approximate surface area is 281 Å². The van der Waals surface area contributed by atoms with Crippen molar-refractivity contribution in [2.24, 2.45) is 0 Å². The van der Waals surface area contributed by atoms with Crippen molar-refractivity contribution in [3.05, 3.63) is 194 Å². The van der Waals surface area contributed by atoms with E-state index in [-0.39, 0.29) is 0 Å². The third kappa shape index (κ3) is 5.61. The van der Waals surface area contributed by atoms with Crippen LogP contribution in [0.5, 0.6) is 5.75 Å². The van der Waals surface area contributed by atoms with Crippen LogP contribution >= 0.6 is 0 Å². The Hall–Kier alpha value is -6.38. The molecule has 48 heavy (non-hydrogen) atoms. The lowest BCUT2D eigenvalue weighted by Gasteiger charge is -2.25. The van der Waals surface area contributed by atoms with Gasteiger partial charge in [0.05, 0.1) is 0 Å². The second-order valence-corrected chi connectivity index (χ2v) is 11.9. The number of hydrogen-bond acceptors (Lipinski definition) is 2. The number of rotatable bonds is 7. The number of benzene rings is 8. The Morgan fingerprint density at radius 3 is 1.42 bits per heavy atom. The summed E-state index contributed by atoms with van der Waals surface area (Å²) in [6.45, 7) is 0. The van der Waals surface area contributed by atoms with Gasteiger partial charge < -0.3 is 10.0 Å². The number of anilines is 3. The molecule has 8 rings (SSSR count). The molecular weight excluding hydrogens is 583 g/mol. The lowest BCUT2D eigenvalue weighted by molar-refractivity contribution is 0.483. The first-order chi connectivity index (χ1) is 23.7. The van der Waals surface area contributed by atoms with Gasteiger partial charge in [0.2, 0.25) is 0 Å². The summed E-state index contributed by atoms with van der Waals surface area (Å²) in [6.07, 6.45) is 0. The molecule has 0 fully saturated rings. The third-order valence-electron chi connectivity index (χ3n) is 9.00. The van der Waals surface area contributed by atoms with E-state index in [1.54, 1.807) is 0 Å². The zero-order chi connectivity index (χ0) is 32.3. The summed E-state index contributed by atoms with van der Waals surface area (Å²) in [7, 11) is 0. The van der Waals surface area contributed by atoms with E-state index in [0.717, 1.165) is 61.2 Å². The first kappa shape index (κ1) is 29.1. The van der Waals surface area contributed by atoms with Crippen LogP contribution in [0.1, 0.15) is 0 Å². The van der Waals surface area contributed by atoms with Gasteiger partial charge in [0.1, 0.15) is 5.75 Å². The van der Waals surface area contributed by atoms with E-state index in [2.05, 4.69) is 150 Å². The topological polar surface area (TPSA) is 23.5 Å². The largest absolute Gasteiger partial charge is 0.507 e. The predicted molar refractivity (Wildman–Crippen MR) is 202 cm³/mol. The molecule has 8 aromatic rings. The fraction of sp³-hybridized carbons (Fsp3) is 0. The molecule has 0 heterocycles. The van der Waals surface area contributed by atoms with Crippen molar-refractivity contribution in [2.75, 3.05) is 4.90 Å².